The van der Waals surface area contributed by atoms with Gasteiger partial charge >= 0.3 is 0 Å². The fraction of sp³-hybridized carbons (Fsp3) is 0.364. The highest BCUT2D eigenvalue weighted by molar-refractivity contribution is 5.91. The van der Waals surface area contributed by atoms with Gasteiger partial charge in [0.2, 0.25) is 11.8 Å². The molecule has 2 N–H and O–H groups in total. The lowest BCUT2D eigenvalue weighted by molar-refractivity contribution is -0.125. The van der Waals surface area contributed by atoms with Gasteiger partial charge in [0, 0.05) is 37.0 Å². The second-order valence-electron chi connectivity index (χ2n) is 7.54. The van der Waals surface area contributed by atoms with Gasteiger partial charge in [-0.15, -0.1) is 0 Å². The number of aromatic nitrogens is 3. The van der Waals surface area contributed by atoms with Crippen molar-refractivity contribution in [3.05, 3.63) is 59.6 Å². The Morgan fingerprint density at radius 2 is 2.21 bits per heavy atom. The number of hydrogen-bond acceptors (Lipinski definition) is 4. The molecular weight excluding hydrogens is 366 g/mol. The molecule has 4 rings (SSSR count). The zero-order valence-corrected chi connectivity index (χ0v) is 16.5. The van der Waals surface area contributed by atoms with Gasteiger partial charge in [-0.25, -0.2) is 0 Å². The number of nitrogens with one attached hydrogen (secondary N) is 2. The molecule has 0 radical (unpaired) electrons. The molecule has 2 amide bonds. The topological polar surface area (TPSA) is 91.0 Å². The molecule has 7 nitrogen and oxygen atoms in total. The molecule has 0 aromatic carbocycles. The molecule has 150 valence electrons. The lowest BCUT2D eigenvalue weighted by Crippen LogP contribution is -2.34. The van der Waals surface area contributed by atoms with Gasteiger partial charge in [-0.1, -0.05) is 18.2 Å². The Bertz CT molecular complexity index is 954. The van der Waals surface area contributed by atoms with Gasteiger partial charge in [-0.3, -0.25) is 19.7 Å². The minimum absolute atomic E-state index is 0.0228. The Balaban J connectivity index is 1.34. The molecule has 2 aliphatic rings. The van der Waals surface area contributed by atoms with Crippen LogP contribution in [0.5, 0.6) is 0 Å². The van der Waals surface area contributed by atoms with E-state index in [-0.39, 0.29) is 18.2 Å². The zero-order valence-electron chi connectivity index (χ0n) is 16.5. The van der Waals surface area contributed by atoms with E-state index in [0.717, 1.165) is 35.5 Å². The fourth-order valence-corrected chi connectivity index (χ4v) is 3.46. The second kappa shape index (κ2) is 8.43. The molecule has 3 heterocycles. The van der Waals surface area contributed by atoms with Crippen LogP contribution in [0.1, 0.15) is 49.1 Å². The molecule has 0 saturated heterocycles. The van der Waals surface area contributed by atoms with Crippen LogP contribution in [0.3, 0.4) is 0 Å². The largest absolute Gasteiger partial charge is 0.334 e. The molecule has 2 aromatic rings. The van der Waals surface area contributed by atoms with Crippen molar-refractivity contribution in [3.8, 4) is 0 Å². The number of carbonyl (C=O) groups excluding carboxylic acids is 2. The molecule has 1 aliphatic heterocycles. The molecule has 0 unspecified atom stereocenters. The summed E-state index contributed by atoms with van der Waals surface area (Å²) in [6.07, 6.45) is 10.6. The van der Waals surface area contributed by atoms with E-state index in [1.54, 1.807) is 18.3 Å². The third-order valence-electron chi connectivity index (χ3n) is 5.17. The van der Waals surface area contributed by atoms with Crippen molar-refractivity contribution in [2.75, 3.05) is 18.4 Å². The first kappa shape index (κ1) is 19.1. The van der Waals surface area contributed by atoms with Crippen LogP contribution >= 0.6 is 0 Å². The maximum Gasteiger partial charge on any atom is 0.246 e. The van der Waals surface area contributed by atoms with Crippen LogP contribution in [0.25, 0.3) is 5.57 Å². The van der Waals surface area contributed by atoms with Gasteiger partial charge in [0.05, 0.1) is 12.1 Å². The van der Waals surface area contributed by atoms with E-state index in [1.165, 1.54) is 12.8 Å². The van der Waals surface area contributed by atoms with Crippen LogP contribution in [0.2, 0.25) is 0 Å². The number of aromatic amines is 1. The van der Waals surface area contributed by atoms with E-state index in [0.29, 0.717) is 18.3 Å². The molecule has 1 saturated carbocycles. The Kier molecular flexibility index (Phi) is 5.55. The summed E-state index contributed by atoms with van der Waals surface area (Å²) in [5.41, 5.74) is 3.80. The number of hydrogen-bond donors (Lipinski definition) is 2. The highest BCUT2D eigenvalue weighted by Gasteiger charge is 2.25. The quantitative estimate of drug-likeness (QED) is 0.741. The van der Waals surface area contributed by atoms with Gasteiger partial charge in [0.1, 0.15) is 0 Å². The van der Waals surface area contributed by atoms with Gasteiger partial charge < -0.3 is 10.2 Å². The first-order chi connectivity index (χ1) is 14.1. The van der Waals surface area contributed by atoms with E-state index in [1.807, 2.05) is 30.0 Å². The predicted molar refractivity (Wildman–Crippen MR) is 111 cm³/mol. The van der Waals surface area contributed by atoms with Crippen molar-refractivity contribution < 1.29 is 9.59 Å². The lowest BCUT2D eigenvalue weighted by atomic mass is 10.0. The highest BCUT2D eigenvalue weighted by atomic mass is 16.2. The fourth-order valence-electron chi connectivity index (χ4n) is 3.46. The predicted octanol–water partition coefficient (Wildman–Crippen LogP) is 3.06. The molecule has 0 spiro atoms. The molecule has 29 heavy (non-hydrogen) atoms. The average Bonchev–Trinajstić information content (AvgIpc) is 3.48. The van der Waals surface area contributed by atoms with Gasteiger partial charge in [0.25, 0.3) is 0 Å². The Morgan fingerprint density at radius 1 is 1.34 bits per heavy atom. The van der Waals surface area contributed by atoms with Gasteiger partial charge in [0.15, 0.2) is 5.82 Å². The van der Waals surface area contributed by atoms with Gasteiger partial charge in [-0.2, -0.15) is 5.10 Å². The molecular formula is C22H25N5O2. The van der Waals surface area contributed by atoms with Crippen LogP contribution in [0.4, 0.5) is 5.82 Å². The smallest absolute Gasteiger partial charge is 0.246 e. The summed E-state index contributed by atoms with van der Waals surface area (Å²) in [7, 11) is 0. The number of amides is 2. The van der Waals surface area contributed by atoms with Crippen LogP contribution in [0.15, 0.2) is 42.6 Å². The Morgan fingerprint density at radius 3 is 2.93 bits per heavy atom. The SMILES string of the molecule is C/C=C/C(=O)N1CCC=C(c2ccc(CC(=O)Nc3cc(C4CC4)[nH]n3)cn2)C1. The minimum atomic E-state index is -0.117. The van der Waals surface area contributed by atoms with Crippen LogP contribution in [0, 0.1) is 0 Å². The van der Waals surface area contributed by atoms with Crippen molar-refractivity contribution >= 4 is 23.2 Å². The first-order valence-corrected chi connectivity index (χ1v) is 10.0. The van der Waals surface area contributed by atoms with Crippen molar-refractivity contribution in [2.45, 2.75) is 38.5 Å². The molecule has 7 heteroatoms. The molecule has 1 aliphatic carbocycles. The molecule has 1 fully saturated rings. The zero-order chi connectivity index (χ0) is 20.2. The van der Waals surface area contributed by atoms with Crippen molar-refractivity contribution in [2.24, 2.45) is 0 Å². The van der Waals surface area contributed by atoms with E-state index in [4.69, 9.17) is 0 Å². The number of H-pyrrole nitrogens is 1. The Hall–Kier alpha value is -3.22. The van der Waals surface area contributed by atoms with Crippen molar-refractivity contribution in [1.29, 1.82) is 0 Å². The second-order valence-corrected chi connectivity index (χ2v) is 7.54. The summed E-state index contributed by atoms with van der Waals surface area (Å²) in [4.78, 5) is 30.7. The number of carbonyl (C=O) groups is 2. The van der Waals surface area contributed by atoms with E-state index in [9.17, 15) is 9.59 Å². The van der Waals surface area contributed by atoms with Crippen LogP contribution in [-0.4, -0.2) is 45.0 Å². The van der Waals surface area contributed by atoms with Crippen molar-refractivity contribution in [1.82, 2.24) is 20.1 Å². The first-order valence-electron chi connectivity index (χ1n) is 10.0. The number of allylic oxidation sites excluding steroid dienone is 1. The number of nitrogens with zero attached hydrogens (tertiary/aromatic N) is 3. The van der Waals surface area contributed by atoms with Crippen molar-refractivity contribution in [3.63, 3.8) is 0 Å². The molecule has 2 aromatic heterocycles. The molecule has 0 bridgehead atoms. The standard InChI is InChI=1S/C22H25N5O2/c1-2-4-22(29)27-10-3-5-17(14-27)18-9-6-15(13-23-18)11-21(28)24-20-12-19(25-26-20)16-7-8-16/h2,4-6,9,12-13,16H,3,7-8,10-11,14H2,1H3,(H2,24,25,26,28)/b4-2+. The lowest BCUT2D eigenvalue weighted by Gasteiger charge is -2.26. The van der Waals surface area contributed by atoms with E-state index < -0.39 is 0 Å². The minimum Gasteiger partial charge on any atom is -0.334 e. The van der Waals surface area contributed by atoms with Crippen LogP contribution in [-0.2, 0) is 16.0 Å². The summed E-state index contributed by atoms with van der Waals surface area (Å²) >= 11 is 0. The monoisotopic (exact) mass is 391 g/mol. The highest BCUT2D eigenvalue weighted by Crippen LogP contribution is 2.39. The number of pyridine rings is 1. The summed E-state index contributed by atoms with van der Waals surface area (Å²) in [6, 6.07) is 5.74. The average molecular weight is 391 g/mol. The third-order valence-corrected chi connectivity index (χ3v) is 5.17. The number of rotatable bonds is 6. The maximum atomic E-state index is 12.3. The third kappa shape index (κ3) is 4.80. The summed E-state index contributed by atoms with van der Waals surface area (Å²) < 4.78 is 0. The molecule has 0 atom stereocenters. The normalized spacial score (nSPS) is 16.7. The Labute approximate surface area is 169 Å². The van der Waals surface area contributed by atoms with E-state index in [2.05, 4.69) is 26.6 Å². The summed E-state index contributed by atoms with van der Waals surface area (Å²) in [5.74, 6) is 1.05. The summed E-state index contributed by atoms with van der Waals surface area (Å²) in [5, 5.41) is 9.97. The summed E-state index contributed by atoms with van der Waals surface area (Å²) in [6.45, 7) is 3.12. The number of anilines is 1. The van der Waals surface area contributed by atoms with E-state index >= 15 is 0 Å². The van der Waals surface area contributed by atoms with Crippen LogP contribution < -0.4 is 5.32 Å². The maximum absolute atomic E-state index is 12.3. The van der Waals surface area contributed by atoms with Gasteiger partial charge in [-0.05, 0) is 49.5 Å².